The first-order chi connectivity index (χ1) is 8.78. The average molecular weight is 259 g/mol. The van der Waals surface area contributed by atoms with E-state index in [4.69, 9.17) is 9.15 Å². The summed E-state index contributed by atoms with van der Waals surface area (Å²) in [7, 11) is 1.57. The monoisotopic (exact) mass is 259 g/mol. The summed E-state index contributed by atoms with van der Waals surface area (Å²) in [5.41, 5.74) is 0.909. The smallest absolute Gasteiger partial charge is 0.336 e. The largest absolute Gasteiger partial charge is 0.497 e. The molecule has 18 heavy (non-hydrogen) atoms. The number of hydrogen-bond acceptors (Lipinski definition) is 5. The van der Waals surface area contributed by atoms with E-state index in [-0.39, 0.29) is 5.63 Å². The van der Waals surface area contributed by atoms with Gasteiger partial charge in [0, 0.05) is 34.7 Å². The van der Waals surface area contributed by atoms with E-state index < -0.39 is 0 Å². The maximum Gasteiger partial charge on any atom is 0.336 e. The third-order valence-corrected chi connectivity index (χ3v) is 3.42. The van der Waals surface area contributed by atoms with Gasteiger partial charge in [-0.1, -0.05) is 0 Å². The van der Waals surface area contributed by atoms with E-state index in [0.717, 1.165) is 16.0 Å². The number of nitrogens with zero attached hydrogens (tertiary/aromatic N) is 1. The SMILES string of the molecule is COc1ccc2c(-c3nccs3)cc(=O)oc2c1. The van der Waals surface area contributed by atoms with E-state index in [2.05, 4.69) is 4.98 Å². The van der Waals surface area contributed by atoms with E-state index in [1.54, 1.807) is 19.4 Å². The Morgan fingerprint density at radius 3 is 2.94 bits per heavy atom. The number of benzene rings is 1. The third-order valence-electron chi connectivity index (χ3n) is 2.61. The van der Waals surface area contributed by atoms with E-state index in [1.165, 1.54) is 17.4 Å². The number of rotatable bonds is 2. The van der Waals surface area contributed by atoms with Crippen LogP contribution in [0.4, 0.5) is 0 Å². The Morgan fingerprint density at radius 1 is 1.33 bits per heavy atom. The van der Waals surface area contributed by atoms with Gasteiger partial charge in [-0.2, -0.15) is 0 Å². The number of fused-ring (bicyclic) bond motifs is 1. The van der Waals surface area contributed by atoms with Gasteiger partial charge in [0.15, 0.2) is 0 Å². The van der Waals surface area contributed by atoms with Crippen LogP contribution in [-0.4, -0.2) is 12.1 Å². The van der Waals surface area contributed by atoms with E-state index in [1.807, 2.05) is 17.5 Å². The van der Waals surface area contributed by atoms with Crippen molar-refractivity contribution in [3.63, 3.8) is 0 Å². The Labute approximate surface area is 106 Å². The summed E-state index contributed by atoms with van der Waals surface area (Å²) in [5.74, 6) is 0.655. The van der Waals surface area contributed by atoms with Crippen molar-refractivity contribution in [1.29, 1.82) is 0 Å². The highest BCUT2D eigenvalue weighted by molar-refractivity contribution is 7.13. The molecule has 90 valence electrons. The first-order valence-corrected chi connectivity index (χ1v) is 6.17. The molecule has 4 nitrogen and oxygen atoms in total. The van der Waals surface area contributed by atoms with E-state index in [0.29, 0.717) is 11.3 Å². The summed E-state index contributed by atoms with van der Waals surface area (Å²) < 4.78 is 10.3. The molecule has 0 N–H and O–H groups in total. The van der Waals surface area contributed by atoms with Gasteiger partial charge in [0.05, 0.1) is 7.11 Å². The Bertz CT molecular complexity index is 747. The van der Waals surface area contributed by atoms with Crippen molar-refractivity contribution in [2.24, 2.45) is 0 Å². The lowest BCUT2D eigenvalue weighted by Gasteiger charge is -2.04. The van der Waals surface area contributed by atoms with Gasteiger partial charge in [-0.25, -0.2) is 9.78 Å². The lowest BCUT2D eigenvalue weighted by atomic mass is 10.1. The van der Waals surface area contributed by atoms with Gasteiger partial charge in [0.25, 0.3) is 0 Å². The highest BCUT2D eigenvalue weighted by atomic mass is 32.1. The fraction of sp³-hybridized carbons (Fsp3) is 0.0769. The molecule has 0 amide bonds. The van der Waals surface area contributed by atoms with Gasteiger partial charge in [0.1, 0.15) is 16.3 Å². The molecule has 2 aromatic heterocycles. The van der Waals surface area contributed by atoms with Crippen molar-refractivity contribution in [2.45, 2.75) is 0 Å². The molecule has 0 aliphatic rings. The molecule has 2 heterocycles. The molecule has 0 bridgehead atoms. The molecule has 3 rings (SSSR count). The van der Waals surface area contributed by atoms with Crippen molar-refractivity contribution in [2.75, 3.05) is 7.11 Å². The molecule has 0 fully saturated rings. The van der Waals surface area contributed by atoms with Crippen molar-refractivity contribution in [3.05, 3.63) is 46.3 Å². The molecule has 0 radical (unpaired) electrons. The van der Waals surface area contributed by atoms with Gasteiger partial charge in [0.2, 0.25) is 0 Å². The van der Waals surface area contributed by atoms with Crippen LogP contribution < -0.4 is 10.4 Å². The summed E-state index contributed by atoms with van der Waals surface area (Å²) in [5, 5.41) is 3.53. The quantitative estimate of drug-likeness (QED) is 0.664. The zero-order valence-corrected chi connectivity index (χ0v) is 10.4. The minimum absolute atomic E-state index is 0.388. The zero-order valence-electron chi connectivity index (χ0n) is 9.54. The maximum absolute atomic E-state index is 11.6. The van der Waals surface area contributed by atoms with E-state index >= 15 is 0 Å². The fourth-order valence-corrected chi connectivity index (χ4v) is 2.47. The molecule has 1 aromatic carbocycles. The predicted octanol–water partition coefficient (Wildman–Crippen LogP) is 2.93. The summed E-state index contributed by atoms with van der Waals surface area (Å²) in [6, 6.07) is 6.87. The lowest BCUT2D eigenvalue weighted by Crippen LogP contribution is -1.98. The van der Waals surface area contributed by atoms with Crippen LogP contribution >= 0.6 is 11.3 Å². The third kappa shape index (κ3) is 1.78. The zero-order chi connectivity index (χ0) is 12.5. The first-order valence-electron chi connectivity index (χ1n) is 5.30. The maximum atomic E-state index is 11.6. The van der Waals surface area contributed by atoms with Crippen LogP contribution in [0.15, 0.2) is 45.1 Å². The van der Waals surface area contributed by atoms with Gasteiger partial charge in [-0.05, 0) is 12.1 Å². The second kappa shape index (κ2) is 4.27. The number of ether oxygens (including phenoxy) is 1. The molecule has 0 unspecified atom stereocenters. The van der Waals surface area contributed by atoms with Gasteiger partial charge < -0.3 is 9.15 Å². The first kappa shape index (κ1) is 11.0. The number of methoxy groups -OCH3 is 1. The van der Waals surface area contributed by atoms with Crippen LogP contribution in [0, 0.1) is 0 Å². The standard InChI is InChI=1S/C13H9NO3S/c1-16-8-2-3-9-10(13-14-4-5-18-13)7-12(15)17-11(9)6-8/h2-7H,1H3. The molecule has 5 heteroatoms. The van der Waals surface area contributed by atoms with Crippen molar-refractivity contribution < 1.29 is 9.15 Å². The van der Waals surface area contributed by atoms with Crippen molar-refractivity contribution in [3.8, 4) is 16.3 Å². The van der Waals surface area contributed by atoms with Gasteiger partial charge >= 0.3 is 5.63 Å². The molecule has 0 spiro atoms. The normalized spacial score (nSPS) is 10.7. The van der Waals surface area contributed by atoms with Crippen LogP contribution in [0.1, 0.15) is 0 Å². The predicted molar refractivity (Wildman–Crippen MR) is 70.1 cm³/mol. The molecular weight excluding hydrogens is 250 g/mol. The molecule has 3 aromatic rings. The van der Waals surface area contributed by atoms with Crippen LogP contribution in [-0.2, 0) is 0 Å². The second-order valence-electron chi connectivity index (χ2n) is 3.68. The van der Waals surface area contributed by atoms with Crippen molar-refractivity contribution in [1.82, 2.24) is 4.98 Å². The number of hydrogen-bond donors (Lipinski definition) is 0. The molecule has 0 aliphatic heterocycles. The van der Waals surface area contributed by atoms with Gasteiger partial charge in [-0.3, -0.25) is 0 Å². The van der Waals surface area contributed by atoms with Crippen molar-refractivity contribution >= 4 is 22.3 Å². The van der Waals surface area contributed by atoms with Crippen LogP contribution in [0.3, 0.4) is 0 Å². The summed E-state index contributed by atoms with van der Waals surface area (Å²) >= 11 is 1.49. The second-order valence-corrected chi connectivity index (χ2v) is 4.57. The topological polar surface area (TPSA) is 52.3 Å². The van der Waals surface area contributed by atoms with E-state index in [9.17, 15) is 4.79 Å². The van der Waals surface area contributed by atoms with Crippen LogP contribution in [0.25, 0.3) is 21.5 Å². The molecule has 0 aliphatic carbocycles. The Hall–Kier alpha value is -2.14. The molecule has 0 saturated carbocycles. The highest BCUT2D eigenvalue weighted by Gasteiger charge is 2.10. The van der Waals surface area contributed by atoms with Crippen LogP contribution in [0.5, 0.6) is 5.75 Å². The Kier molecular flexibility index (Phi) is 2.60. The fourth-order valence-electron chi connectivity index (χ4n) is 1.80. The molecular formula is C13H9NO3S. The summed E-state index contributed by atoms with van der Waals surface area (Å²) in [6.45, 7) is 0. The lowest BCUT2D eigenvalue weighted by molar-refractivity contribution is 0.414. The highest BCUT2D eigenvalue weighted by Crippen LogP contribution is 2.30. The number of aromatic nitrogens is 1. The van der Waals surface area contributed by atoms with Crippen LogP contribution in [0.2, 0.25) is 0 Å². The van der Waals surface area contributed by atoms with Gasteiger partial charge in [-0.15, -0.1) is 11.3 Å². The Balaban J connectivity index is 2.35. The molecule has 0 atom stereocenters. The number of thiazole rings is 1. The molecule has 0 saturated heterocycles. The minimum atomic E-state index is -0.388. The summed E-state index contributed by atoms with van der Waals surface area (Å²) in [6.07, 6.45) is 1.71. The summed E-state index contributed by atoms with van der Waals surface area (Å²) in [4.78, 5) is 15.8. The Morgan fingerprint density at radius 2 is 2.22 bits per heavy atom. The minimum Gasteiger partial charge on any atom is -0.497 e. The average Bonchev–Trinajstić information content (AvgIpc) is 2.90.